The van der Waals surface area contributed by atoms with Crippen LogP contribution in [0.2, 0.25) is 0 Å². The zero-order valence-electron chi connectivity index (χ0n) is 9.41. The topological polar surface area (TPSA) is 133 Å². The van der Waals surface area contributed by atoms with Gasteiger partial charge in [0.05, 0.1) is 12.6 Å². The second-order valence-electron chi connectivity index (χ2n) is 4.15. The third-order valence-corrected chi connectivity index (χ3v) is 2.77. The van der Waals surface area contributed by atoms with Crippen LogP contribution in [0.4, 0.5) is 0 Å². The second-order valence-corrected chi connectivity index (χ2v) is 4.15. The number of hydrogen-bond donors (Lipinski definition) is 5. The Hall–Kier alpha value is -0.830. The molecule has 0 radical (unpaired) electrons. The van der Waals surface area contributed by atoms with Gasteiger partial charge in [0.15, 0.2) is 0 Å². The minimum absolute atomic E-state index is 0.0109. The molecule has 7 nitrogen and oxygen atoms in total. The fourth-order valence-electron chi connectivity index (χ4n) is 1.70. The molecule has 6 N–H and O–H groups in total. The number of ether oxygens (including phenoxy) is 1. The molecule has 0 aromatic carbocycles. The van der Waals surface area contributed by atoms with Crippen LogP contribution in [-0.2, 0) is 9.53 Å². The highest BCUT2D eigenvalue weighted by Gasteiger charge is 2.55. The average Bonchev–Trinajstić information content (AvgIpc) is 2.30. The molecule has 1 heterocycles. The molecule has 0 unspecified atom stereocenters. The number of Topliss-reactive ketones (excluding diaryl/α,β-unsaturated/α-hetero) is 1. The van der Waals surface area contributed by atoms with Crippen LogP contribution >= 0.6 is 0 Å². The Bertz CT molecular complexity index is 331. The van der Waals surface area contributed by atoms with E-state index in [1.54, 1.807) is 0 Å². The Kier molecular flexibility index (Phi) is 4.03. The molecule has 1 aliphatic rings. The van der Waals surface area contributed by atoms with Gasteiger partial charge in [0.2, 0.25) is 11.6 Å². The van der Waals surface area contributed by atoms with Gasteiger partial charge in [-0.15, -0.1) is 0 Å². The molecular weight excluding hydrogens is 230 g/mol. The minimum atomic E-state index is -2.49. The summed E-state index contributed by atoms with van der Waals surface area (Å²) in [4.78, 5) is 11.7. The summed E-state index contributed by atoms with van der Waals surface area (Å²) >= 11 is 0. The Morgan fingerprint density at radius 1 is 1.47 bits per heavy atom. The van der Waals surface area contributed by atoms with Gasteiger partial charge in [-0.05, 0) is 12.5 Å². The van der Waals surface area contributed by atoms with E-state index < -0.39 is 42.5 Å². The first-order valence-corrected chi connectivity index (χ1v) is 5.08. The SMILES string of the molecule is C=C(C)C(=O)[C@]1(O)O[C@H](CO)[C@@H](O)[C@H](O)[C@H]1N. The molecule has 17 heavy (non-hydrogen) atoms. The molecule has 1 fully saturated rings. The third kappa shape index (κ3) is 2.25. The number of hydrogen-bond acceptors (Lipinski definition) is 7. The van der Waals surface area contributed by atoms with Crippen LogP contribution in [0.15, 0.2) is 12.2 Å². The fraction of sp³-hybridized carbons (Fsp3) is 0.700. The van der Waals surface area contributed by atoms with Gasteiger partial charge in [0.1, 0.15) is 18.3 Å². The van der Waals surface area contributed by atoms with E-state index >= 15 is 0 Å². The van der Waals surface area contributed by atoms with E-state index in [-0.39, 0.29) is 5.57 Å². The van der Waals surface area contributed by atoms with Crippen LogP contribution in [0.1, 0.15) is 6.92 Å². The van der Waals surface area contributed by atoms with Crippen LogP contribution in [0.25, 0.3) is 0 Å². The Labute approximate surface area is 98.1 Å². The summed E-state index contributed by atoms with van der Waals surface area (Å²) in [7, 11) is 0. The maximum atomic E-state index is 11.7. The Morgan fingerprint density at radius 2 is 2.00 bits per heavy atom. The highest BCUT2D eigenvalue weighted by Crippen LogP contribution is 2.29. The van der Waals surface area contributed by atoms with E-state index in [0.717, 1.165) is 0 Å². The zero-order chi connectivity index (χ0) is 13.4. The molecule has 0 bridgehead atoms. The predicted octanol–water partition coefficient (Wildman–Crippen LogP) is -2.74. The lowest BCUT2D eigenvalue weighted by Gasteiger charge is -2.45. The number of carbonyl (C=O) groups is 1. The molecule has 7 heteroatoms. The van der Waals surface area contributed by atoms with Gasteiger partial charge in [-0.3, -0.25) is 4.79 Å². The molecule has 5 atom stereocenters. The van der Waals surface area contributed by atoms with Gasteiger partial charge in [0, 0.05) is 0 Å². The van der Waals surface area contributed by atoms with Gasteiger partial charge in [-0.2, -0.15) is 0 Å². The number of carbonyl (C=O) groups excluding carboxylic acids is 1. The van der Waals surface area contributed by atoms with Gasteiger partial charge < -0.3 is 30.9 Å². The van der Waals surface area contributed by atoms with Crippen molar-refractivity contribution >= 4 is 5.78 Å². The first-order chi connectivity index (χ1) is 7.75. The van der Waals surface area contributed by atoms with Gasteiger partial charge in [0.25, 0.3) is 0 Å². The Balaban J connectivity index is 3.07. The smallest absolute Gasteiger partial charge is 0.249 e. The molecule has 0 aromatic rings. The van der Waals surface area contributed by atoms with E-state index in [1.165, 1.54) is 6.92 Å². The molecule has 0 saturated carbocycles. The highest BCUT2D eigenvalue weighted by atomic mass is 16.7. The summed E-state index contributed by atoms with van der Waals surface area (Å²) in [6, 6.07) is -1.52. The number of nitrogens with two attached hydrogens (primary N) is 1. The highest BCUT2D eigenvalue weighted by molar-refractivity contribution is 6.00. The normalized spacial score (nSPS) is 42.2. The van der Waals surface area contributed by atoms with Crippen molar-refractivity contribution in [2.45, 2.75) is 37.1 Å². The first-order valence-electron chi connectivity index (χ1n) is 5.08. The van der Waals surface area contributed by atoms with Crippen molar-refractivity contribution in [2.75, 3.05) is 6.61 Å². The van der Waals surface area contributed by atoms with Crippen molar-refractivity contribution in [3.05, 3.63) is 12.2 Å². The largest absolute Gasteiger partial charge is 0.394 e. The lowest BCUT2D eigenvalue weighted by atomic mass is 9.87. The van der Waals surface area contributed by atoms with Gasteiger partial charge >= 0.3 is 0 Å². The van der Waals surface area contributed by atoms with Crippen molar-refractivity contribution in [1.82, 2.24) is 0 Å². The minimum Gasteiger partial charge on any atom is -0.394 e. The maximum absolute atomic E-state index is 11.7. The molecule has 98 valence electrons. The number of rotatable bonds is 3. The summed E-state index contributed by atoms with van der Waals surface area (Å²) in [5, 5.41) is 38.1. The molecule has 1 rings (SSSR count). The Morgan fingerprint density at radius 3 is 2.41 bits per heavy atom. The lowest BCUT2D eigenvalue weighted by molar-refractivity contribution is -0.295. The van der Waals surface area contributed by atoms with E-state index in [4.69, 9.17) is 15.6 Å². The standard InChI is InChI=1S/C10H17NO6/c1-4(2)9(15)10(16)8(11)7(14)6(13)5(3-12)17-10/h5-8,12-14,16H,1,3,11H2,2H3/t5-,6-,7+,8-,10-/m1/s1. The van der Waals surface area contributed by atoms with Crippen molar-refractivity contribution in [2.24, 2.45) is 5.73 Å². The molecule has 1 saturated heterocycles. The molecular formula is C10H17NO6. The zero-order valence-corrected chi connectivity index (χ0v) is 9.41. The van der Waals surface area contributed by atoms with E-state index in [0.29, 0.717) is 0 Å². The van der Waals surface area contributed by atoms with Crippen LogP contribution in [-0.4, -0.2) is 63.0 Å². The van der Waals surface area contributed by atoms with Crippen LogP contribution < -0.4 is 5.73 Å². The van der Waals surface area contributed by atoms with Crippen molar-refractivity contribution in [1.29, 1.82) is 0 Å². The third-order valence-electron chi connectivity index (χ3n) is 2.77. The van der Waals surface area contributed by atoms with Crippen molar-refractivity contribution < 1.29 is 30.0 Å². The summed E-state index contributed by atoms with van der Waals surface area (Å²) in [6.45, 7) is 4.03. The average molecular weight is 247 g/mol. The first kappa shape index (κ1) is 14.2. The van der Waals surface area contributed by atoms with E-state index in [1.807, 2.05) is 0 Å². The predicted molar refractivity (Wildman–Crippen MR) is 56.7 cm³/mol. The summed E-state index contributed by atoms with van der Waals surface area (Å²) in [5.41, 5.74) is 5.46. The van der Waals surface area contributed by atoms with Crippen molar-refractivity contribution in [3.8, 4) is 0 Å². The second kappa shape index (κ2) is 4.81. The lowest BCUT2D eigenvalue weighted by Crippen LogP contribution is -2.71. The number of aliphatic hydroxyl groups is 4. The van der Waals surface area contributed by atoms with Gasteiger partial charge in [-0.1, -0.05) is 6.58 Å². The summed E-state index contributed by atoms with van der Waals surface area (Å²) < 4.78 is 4.90. The quantitative estimate of drug-likeness (QED) is 0.342. The summed E-state index contributed by atoms with van der Waals surface area (Å²) in [6.07, 6.45) is -4.36. The molecule has 0 aliphatic carbocycles. The molecule has 1 aliphatic heterocycles. The van der Waals surface area contributed by atoms with E-state index in [2.05, 4.69) is 6.58 Å². The van der Waals surface area contributed by atoms with Crippen molar-refractivity contribution in [3.63, 3.8) is 0 Å². The summed E-state index contributed by atoms with van der Waals surface area (Å²) in [5.74, 6) is -3.38. The van der Waals surface area contributed by atoms with Gasteiger partial charge in [-0.25, -0.2) is 0 Å². The van der Waals surface area contributed by atoms with E-state index in [9.17, 15) is 20.1 Å². The monoisotopic (exact) mass is 247 g/mol. The molecule has 0 spiro atoms. The van der Waals surface area contributed by atoms with Crippen LogP contribution in [0.3, 0.4) is 0 Å². The molecule has 0 aromatic heterocycles. The maximum Gasteiger partial charge on any atom is 0.249 e. The molecule has 0 amide bonds. The fourth-order valence-corrected chi connectivity index (χ4v) is 1.70. The number of aliphatic hydroxyl groups excluding tert-OH is 3. The van der Waals surface area contributed by atoms with Crippen LogP contribution in [0.5, 0.6) is 0 Å². The number of ketones is 1. The van der Waals surface area contributed by atoms with Crippen LogP contribution in [0, 0.1) is 0 Å².